The van der Waals surface area contributed by atoms with Crippen LogP contribution >= 0.6 is 0 Å². The molecular formula is C30H23N3O18. The van der Waals surface area contributed by atoms with Crippen LogP contribution in [0, 0.1) is 30.3 Å². The van der Waals surface area contributed by atoms with Gasteiger partial charge in [-0.15, -0.1) is 0 Å². The van der Waals surface area contributed by atoms with E-state index in [-0.39, 0.29) is 33.8 Å². The number of benzene rings is 3. The third-order valence-corrected chi connectivity index (χ3v) is 6.06. The van der Waals surface area contributed by atoms with Crippen LogP contribution in [-0.2, 0) is 42.8 Å². The first-order chi connectivity index (χ1) is 24.2. The van der Waals surface area contributed by atoms with Crippen molar-refractivity contribution in [2.45, 2.75) is 6.10 Å². The molecule has 0 spiro atoms. The molecule has 0 saturated carbocycles. The molecule has 0 fully saturated rings. The predicted molar refractivity (Wildman–Crippen MR) is 162 cm³/mol. The topological polar surface area (TPSA) is 287 Å². The number of non-ortho nitro benzene ring substituents is 3. The van der Waals surface area contributed by atoms with E-state index >= 15 is 0 Å². The van der Waals surface area contributed by atoms with Crippen molar-refractivity contribution in [1.82, 2.24) is 0 Å². The van der Waals surface area contributed by atoms with Gasteiger partial charge in [0, 0.05) is 36.4 Å². The molecule has 266 valence electrons. The molecule has 0 aromatic heterocycles. The highest BCUT2D eigenvalue weighted by Gasteiger charge is 2.23. The number of nitro groups is 3. The molecule has 3 aromatic carbocycles. The first-order valence-electron chi connectivity index (χ1n) is 14.0. The second kappa shape index (κ2) is 18.3. The average Bonchev–Trinajstić information content (AvgIpc) is 3.12. The van der Waals surface area contributed by atoms with E-state index in [4.69, 9.17) is 28.4 Å². The van der Waals surface area contributed by atoms with Gasteiger partial charge >= 0.3 is 35.8 Å². The fraction of sp³-hybridized carbons (Fsp3) is 0.200. The zero-order valence-corrected chi connectivity index (χ0v) is 25.7. The molecule has 0 bridgehead atoms. The largest absolute Gasteiger partial charge is 0.459 e. The van der Waals surface area contributed by atoms with Gasteiger partial charge < -0.3 is 28.4 Å². The minimum absolute atomic E-state index is 0.121. The van der Waals surface area contributed by atoms with Crippen molar-refractivity contribution in [2.75, 3.05) is 33.0 Å². The summed E-state index contributed by atoms with van der Waals surface area (Å²) in [7, 11) is 0. The Kier molecular flexibility index (Phi) is 13.7. The predicted octanol–water partition coefficient (Wildman–Crippen LogP) is 2.28. The lowest BCUT2D eigenvalue weighted by molar-refractivity contribution is -0.385. The molecule has 0 amide bonds. The summed E-state index contributed by atoms with van der Waals surface area (Å²) in [6, 6.07) is 12.7. The van der Waals surface area contributed by atoms with Gasteiger partial charge in [-0.3, -0.25) is 30.3 Å². The van der Waals surface area contributed by atoms with Gasteiger partial charge in [0.1, 0.15) is 13.2 Å². The molecule has 0 aliphatic carbocycles. The van der Waals surface area contributed by atoms with Crippen molar-refractivity contribution >= 4 is 52.9 Å². The van der Waals surface area contributed by atoms with Crippen molar-refractivity contribution in [3.8, 4) is 0 Å². The Bertz CT molecular complexity index is 1720. The molecule has 3 aromatic rings. The van der Waals surface area contributed by atoms with E-state index in [0.717, 1.165) is 72.8 Å². The van der Waals surface area contributed by atoms with Crippen LogP contribution in [0.25, 0.3) is 0 Å². The summed E-state index contributed by atoms with van der Waals surface area (Å²) in [4.78, 5) is 104. The van der Waals surface area contributed by atoms with Crippen LogP contribution < -0.4 is 0 Å². The van der Waals surface area contributed by atoms with E-state index in [9.17, 15) is 59.1 Å². The molecule has 0 unspecified atom stereocenters. The van der Waals surface area contributed by atoms with Gasteiger partial charge in [0.25, 0.3) is 17.1 Å². The molecular weight excluding hydrogens is 690 g/mol. The fourth-order valence-electron chi connectivity index (χ4n) is 3.57. The first-order valence-corrected chi connectivity index (χ1v) is 14.0. The third-order valence-electron chi connectivity index (χ3n) is 6.06. The number of ether oxygens (including phenoxy) is 6. The standard InChI is InChI=1S/C30H23N3O18/c34-25(15-48-28(37)18-1-7-21(8-2-18)31(40)41)46-13-24(51-27(36)17-50-30(39)20-5-11-23(12-6-20)33(44)45)14-47-26(35)16-49-29(38)19-3-9-22(10-4-19)32(42)43/h1-12,24H,13-17H2. The summed E-state index contributed by atoms with van der Waals surface area (Å²) in [5.41, 5.74) is -1.28. The molecule has 51 heavy (non-hydrogen) atoms. The van der Waals surface area contributed by atoms with Crippen molar-refractivity contribution < 1.29 is 72.0 Å². The fourth-order valence-corrected chi connectivity index (χ4v) is 3.57. The lowest BCUT2D eigenvalue weighted by atomic mass is 10.2. The molecule has 21 heteroatoms. The summed E-state index contributed by atoms with van der Waals surface area (Å²) < 4.78 is 29.3. The number of carbonyl (C=O) groups excluding carboxylic acids is 6. The van der Waals surface area contributed by atoms with Gasteiger partial charge in [-0.2, -0.15) is 0 Å². The average molecular weight is 714 g/mol. The maximum absolute atomic E-state index is 12.4. The van der Waals surface area contributed by atoms with Crippen LogP contribution in [0.4, 0.5) is 17.1 Å². The number of nitro benzene ring substituents is 3. The highest BCUT2D eigenvalue weighted by Crippen LogP contribution is 2.15. The summed E-state index contributed by atoms with van der Waals surface area (Å²) >= 11 is 0. The van der Waals surface area contributed by atoms with Crippen LogP contribution in [0.2, 0.25) is 0 Å². The quantitative estimate of drug-likeness (QED) is 0.0838. The molecule has 21 nitrogen and oxygen atoms in total. The van der Waals surface area contributed by atoms with E-state index in [1.165, 1.54) is 0 Å². The maximum atomic E-state index is 12.4. The van der Waals surface area contributed by atoms with Gasteiger partial charge in [0.2, 0.25) is 0 Å². The molecule has 0 aliphatic heterocycles. The van der Waals surface area contributed by atoms with Gasteiger partial charge in [0.05, 0.1) is 31.5 Å². The second-order valence-electron chi connectivity index (χ2n) is 9.62. The molecule has 0 saturated heterocycles. The van der Waals surface area contributed by atoms with Crippen molar-refractivity contribution in [2.24, 2.45) is 0 Å². The lowest BCUT2D eigenvalue weighted by Crippen LogP contribution is -2.33. The van der Waals surface area contributed by atoms with Gasteiger partial charge in [-0.1, -0.05) is 0 Å². The van der Waals surface area contributed by atoms with Crippen LogP contribution in [0.15, 0.2) is 72.8 Å². The zero-order chi connectivity index (χ0) is 37.5. The Balaban J connectivity index is 1.54. The zero-order valence-electron chi connectivity index (χ0n) is 25.7. The van der Waals surface area contributed by atoms with Gasteiger partial charge in [0.15, 0.2) is 25.9 Å². The number of esters is 6. The molecule has 0 aliphatic rings. The Morgan fingerprint density at radius 2 is 0.725 bits per heavy atom. The monoisotopic (exact) mass is 713 g/mol. The van der Waals surface area contributed by atoms with Crippen molar-refractivity contribution in [3.05, 3.63) is 120 Å². The molecule has 0 atom stereocenters. The number of nitrogens with zero attached hydrogens (tertiary/aromatic N) is 3. The number of hydrogen-bond donors (Lipinski definition) is 0. The number of rotatable bonds is 17. The summed E-state index contributed by atoms with van der Waals surface area (Å²) in [5.74, 6) is -6.68. The highest BCUT2D eigenvalue weighted by atomic mass is 16.6. The summed E-state index contributed by atoms with van der Waals surface area (Å²) in [6.07, 6.45) is -1.56. The summed E-state index contributed by atoms with van der Waals surface area (Å²) in [6.45, 7) is -4.52. The third kappa shape index (κ3) is 12.3. The second-order valence-corrected chi connectivity index (χ2v) is 9.62. The van der Waals surface area contributed by atoms with E-state index < -0.39 is 89.7 Å². The van der Waals surface area contributed by atoms with Crippen molar-refractivity contribution in [3.63, 3.8) is 0 Å². The molecule has 0 radical (unpaired) electrons. The van der Waals surface area contributed by atoms with Gasteiger partial charge in [-0.05, 0) is 36.4 Å². The number of hydrogen-bond acceptors (Lipinski definition) is 18. The van der Waals surface area contributed by atoms with E-state index in [0.29, 0.717) is 0 Å². The molecule has 0 heterocycles. The van der Waals surface area contributed by atoms with Gasteiger partial charge in [-0.25, -0.2) is 28.8 Å². The normalized spacial score (nSPS) is 10.3. The molecule has 0 N–H and O–H groups in total. The maximum Gasteiger partial charge on any atom is 0.344 e. The number of carbonyl (C=O) groups is 6. The summed E-state index contributed by atoms with van der Waals surface area (Å²) in [5, 5.41) is 32.3. The van der Waals surface area contributed by atoms with Crippen LogP contribution in [0.5, 0.6) is 0 Å². The van der Waals surface area contributed by atoms with Crippen LogP contribution in [0.3, 0.4) is 0 Å². The van der Waals surface area contributed by atoms with E-state index in [1.54, 1.807) is 0 Å². The van der Waals surface area contributed by atoms with Crippen LogP contribution in [-0.4, -0.2) is 89.7 Å². The lowest BCUT2D eigenvalue weighted by Gasteiger charge is -2.18. The first kappa shape index (κ1) is 38.1. The smallest absolute Gasteiger partial charge is 0.344 e. The Morgan fingerprint density at radius 1 is 0.451 bits per heavy atom. The Hall–Kier alpha value is -7.32. The minimum Gasteiger partial charge on any atom is -0.459 e. The Labute approximate surface area is 284 Å². The molecule has 3 rings (SSSR count). The minimum atomic E-state index is -1.56. The SMILES string of the molecule is O=C(COC(=O)c1ccc([N+](=O)[O-])cc1)OCC(COC(=O)COC(=O)c1ccc([N+](=O)[O-])cc1)OC(=O)COC(=O)c1ccc([N+](=O)[O-])cc1. The van der Waals surface area contributed by atoms with E-state index in [2.05, 4.69) is 0 Å². The van der Waals surface area contributed by atoms with Crippen molar-refractivity contribution in [1.29, 1.82) is 0 Å². The Morgan fingerprint density at radius 3 is 1.00 bits per heavy atom. The van der Waals surface area contributed by atoms with E-state index in [1.807, 2.05) is 0 Å². The van der Waals surface area contributed by atoms with Crippen LogP contribution in [0.1, 0.15) is 31.1 Å². The highest BCUT2D eigenvalue weighted by molar-refractivity contribution is 5.92.